The molecule has 0 aliphatic carbocycles. The van der Waals surface area contributed by atoms with Gasteiger partial charge in [0.05, 0.1) is 5.56 Å². The molecule has 0 bridgehead atoms. The Morgan fingerprint density at radius 3 is 1.49 bits per heavy atom. The zero-order chi connectivity index (χ0) is 45.6. The Morgan fingerprint density at radius 2 is 1.03 bits per heavy atom. The highest BCUT2D eigenvalue weighted by atomic mass is 19.2. The maximum absolute atomic E-state index is 14.5. The molecule has 1 spiro atoms. The van der Waals surface area contributed by atoms with Gasteiger partial charge in [-0.05, 0) is 36.4 Å². The minimum atomic E-state index is -2.50. The summed E-state index contributed by atoms with van der Waals surface area (Å²) >= 11 is 0. The number of carboxylic acids is 2. The number of ether oxygens (including phenoxy) is 6. The molecule has 1 amide bonds. The molecule has 19 nitrogen and oxygen atoms in total. The van der Waals surface area contributed by atoms with Crippen LogP contribution in [0.4, 0.5) is 27.6 Å². The molecule has 24 heteroatoms. The summed E-state index contributed by atoms with van der Waals surface area (Å²) in [5, 5.41) is 82.8. The van der Waals surface area contributed by atoms with Crippen molar-refractivity contribution in [3.8, 4) is 23.0 Å². The average molecular weight is 894 g/mol. The Kier molecular flexibility index (Phi) is 10.7. The number of esters is 1. The van der Waals surface area contributed by atoms with Crippen LogP contribution in [0.15, 0.2) is 54.6 Å². The van der Waals surface area contributed by atoms with Gasteiger partial charge in [0.1, 0.15) is 65.2 Å². The number of benzene rings is 4. The minimum Gasteiger partial charge on any atom is -0.479 e. The largest absolute Gasteiger partial charge is 0.479 e. The number of nitrogens with one attached hydrogen (secondary N) is 1. The first-order valence-electron chi connectivity index (χ1n) is 18.1. The summed E-state index contributed by atoms with van der Waals surface area (Å²) in [6.07, 6.45) is -20.1. The fourth-order valence-electron chi connectivity index (χ4n) is 7.48. The zero-order valence-corrected chi connectivity index (χ0v) is 31.0. The molecule has 2 saturated heterocycles. The van der Waals surface area contributed by atoms with Crippen molar-refractivity contribution >= 4 is 29.5 Å². The van der Waals surface area contributed by atoms with E-state index in [4.69, 9.17) is 28.4 Å². The second-order valence-corrected chi connectivity index (χ2v) is 14.4. The highest BCUT2D eigenvalue weighted by molar-refractivity contribution is 6.06. The lowest BCUT2D eigenvalue weighted by molar-refractivity contribution is -0.271. The maximum atomic E-state index is 14.5. The van der Waals surface area contributed by atoms with Gasteiger partial charge in [-0.2, -0.15) is 0 Å². The van der Waals surface area contributed by atoms with Gasteiger partial charge < -0.3 is 74.6 Å². The number of anilines is 1. The number of hydrogen-bond acceptors (Lipinski definition) is 16. The number of carboxylic acid groups (broad SMARTS) is 2. The number of halogens is 5. The van der Waals surface area contributed by atoms with Gasteiger partial charge in [-0.1, -0.05) is 6.07 Å². The van der Waals surface area contributed by atoms with E-state index in [2.05, 4.69) is 0 Å². The first kappa shape index (κ1) is 43.2. The molecular weight excluding hydrogens is 865 g/mol. The van der Waals surface area contributed by atoms with Crippen molar-refractivity contribution in [2.75, 3.05) is 5.32 Å². The van der Waals surface area contributed by atoms with Crippen molar-refractivity contribution in [3.63, 3.8) is 0 Å². The number of aliphatic carboxylic acids is 2. The Labute approximate surface area is 346 Å². The normalized spacial score (nSPS) is 27.9. The molecular formula is C39H28F5NO18. The van der Waals surface area contributed by atoms with E-state index in [9.17, 15) is 82.0 Å². The fourth-order valence-corrected chi connectivity index (χ4v) is 7.48. The van der Waals surface area contributed by atoms with Crippen LogP contribution in [0.2, 0.25) is 0 Å². The molecule has 332 valence electrons. The number of carbonyl (C=O) groups excluding carboxylic acids is 2. The molecule has 4 aromatic rings. The Morgan fingerprint density at radius 1 is 0.587 bits per heavy atom. The molecule has 0 radical (unpaired) electrons. The minimum absolute atomic E-state index is 0.00485. The van der Waals surface area contributed by atoms with E-state index in [1.165, 1.54) is 30.3 Å². The number of amides is 1. The van der Waals surface area contributed by atoms with Gasteiger partial charge in [0.25, 0.3) is 5.91 Å². The third-order valence-corrected chi connectivity index (χ3v) is 10.6. The number of aliphatic hydroxyl groups is 6. The van der Waals surface area contributed by atoms with Gasteiger partial charge in [0, 0.05) is 34.5 Å². The highest BCUT2D eigenvalue weighted by Gasteiger charge is 2.55. The van der Waals surface area contributed by atoms with Crippen LogP contribution < -0.4 is 19.5 Å². The summed E-state index contributed by atoms with van der Waals surface area (Å²) in [5.41, 5.74) is -4.50. The number of rotatable bonds is 8. The average Bonchev–Trinajstić information content (AvgIpc) is 3.53. The summed E-state index contributed by atoms with van der Waals surface area (Å²) in [6.45, 7) is 0. The van der Waals surface area contributed by atoms with Gasteiger partial charge in [-0.3, -0.25) is 4.79 Å². The van der Waals surface area contributed by atoms with Crippen LogP contribution in [-0.2, 0) is 29.4 Å². The lowest BCUT2D eigenvalue weighted by atomic mass is 9.77. The topological polar surface area (TPSA) is 298 Å². The molecule has 0 saturated carbocycles. The predicted octanol–water partition coefficient (Wildman–Crippen LogP) is 0.744. The summed E-state index contributed by atoms with van der Waals surface area (Å²) in [4.78, 5) is 50.0. The molecule has 10 atom stereocenters. The number of carbonyl (C=O) groups is 4. The van der Waals surface area contributed by atoms with E-state index in [0.29, 0.717) is 0 Å². The lowest BCUT2D eigenvalue weighted by Crippen LogP contribution is -2.61. The quantitative estimate of drug-likeness (QED) is 0.0510. The van der Waals surface area contributed by atoms with Crippen LogP contribution in [-0.4, -0.2) is 126 Å². The van der Waals surface area contributed by atoms with Crippen LogP contribution in [0.3, 0.4) is 0 Å². The van der Waals surface area contributed by atoms with E-state index < -0.39 is 125 Å². The highest BCUT2D eigenvalue weighted by Crippen LogP contribution is 2.57. The monoisotopic (exact) mass is 893 g/mol. The van der Waals surface area contributed by atoms with Crippen molar-refractivity contribution in [1.82, 2.24) is 0 Å². The van der Waals surface area contributed by atoms with Crippen LogP contribution >= 0.6 is 0 Å². The van der Waals surface area contributed by atoms with Crippen LogP contribution in [0.5, 0.6) is 23.0 Å². The maximum Gasteiger partial charge on any atom is 0.340 e. The second-order valence-electron chi connectivity index (χ2n) is 14.4. The molecule has 63 heavy (non-hydrogen) atoms. The van der Waals surface area contributed by atoms with Crippen molar-refractivity contribution in [3.05, 3.63) is 112 Å². The molecule has 4 aliphatic rings. The third-order valence-electron chi connectivity index (χ3n) is 10.6. The van der Waals surface area contributed by atoms with E-state index in [0.717, 1.165) is 24.3 Å². The number of aliphatic hydroxyl groups excluding tert-OH is 6. The molecule has 9 N–H and O–H groups in total. The first-order chi connectivity index (χ1) is 29.7. The number of fused-ring (bicyclic) bond motifs is 6. The molecule has 4 heterocycles. The first-order valence-corrected chi connectivity index (χ1v) is 18.1. The summed E-state index contributed by atoms with van der Waals surface area (Å²) in [5.74, 6) is -19.3. The fraction of sp³-hybridized carbons (Fsp3) is 0.282. The second kappa shape index (κ2) is 15.7. The molecule has 0 aromatic heterocycles. The number of hydrogen-bond donors (Lipinski definition) is 9. The lowest BCUT2D eigenvalue weighted by Gasteiger charge is -2.39. The Hall–Kier alpha value is -6.51. The Balaban J connectivity index is 1.19. The molecule has 0 unspecified atom stereocenters. The van der Waals surface area contributed by atoms with Gasteiger partial charge in [0.15, 0.2) is 41.1 Å². The van der Waals surface area contributed by atoms with Crippen molar-refractivity contribution in [2.24, 2.45) is 0 Å². The van der Waals surface area contributed by atoms with Gasteiger partial charge in [-0.15, -0.1) is 0 Å². The third kappa shape index (κ3) is 6.92. The smallest absolute Gasteiger partial charge is 0.340 e. The van der Waals surface area contributed by atoms with Gasteiger partial charge >= 0.3 is 17.9 Å². The molecule has 2 fully saturated rings. The summed E-state index contributed by atoms with van der Waals surface area (Å²) in [6, 6.07) is 10.6. The predicted molar refractivity (Wildman–Crippen MR) is 189 cm³/mol. The molecule has 4 aliphatic heterocycles. The molecule has 8 rings (SSSR count). The Bertz CT molecular complexity index is 2470. The SMILES string of the molecule is O=C1OC2(c3ccc(O[C@@H]4O[C@H](C(=O)O)[C@@H](O)[C@H](O)[C@H]4O)cc3Oc3cc(O[C@@H]4O[C@H](C(=O)O)[C@@H](O)[C@H](O)[C@H]4O)ccc32)c2ccc(NC(=O)c3c(F)c(F)c(F)c(F)c3F)cc21. The zero-order valence-electron chi connectivity index (χ0n) is 31.0. The molecule has 4 aromatic carbocycles. The van der Waals surface area contributed by atoms with E-state index in [-0.39, 0.29) is 50.9 Å². The summed E-state index contributed by atoms with van der Waals surface area (Å²) < 4.78 is 104. The van der Waals surface area contributed by atoms with Crippen LogP contribution in [0.1, 0.15) is 37.4 Å². The van der Waals surface area contributed by atoms with Crippen molar-refractivity contribution < 1.29 is 110 Å². The van der Waals surface area contributed by atoms with Gasteiger partial charge in [0.2, 0.25) is 18.4 Å². The van der Waals surface area contributed by atoms with Crippen molar-refractivity contribution in [2.45, 2.75) is 67.0 Å². The standard InChI is InChI=1S/C39H28F5NO18/c40-20-19(21(41)23(43)24(44)22(20)42)33(52)45-10-1-4-14-13(7-10)36(57)63-39(14)15-5-2-11(58-37-29(50)25(46)27(48)31(61-37)34(53)54)8-17(15)60-18-9-12(3-6-16(18)39)59-38-30(51)26(47)28(49)32(62-38)35(55)56/h1-9,25-32,37-38,46-51H,(H,45,52)(H,53,54)(H,55,56)/t25-,26-,27-,28-,29+,30+,31-,32-,37+,38+/m0/s1. The van der Waals surface area contributed by atoms with E-state index >= 15 is 0 Å². The van der Waals surface area contributed by atoms with Crippen LogP contribution in [0, 0.1) is 29.1 Å². The van der Waals surface area contributed by atoms with Crippen LogP contribution in [0.25, 0.3) is 0 Å². The van der Waals surface area contributed by atoms with E-state index in [1.54, 1.807) is 0 Å². The van der Waals surface area contributed by atoms with E-state index in [1.807, 2.05) is 5.32 Å². The van der Waals surface area contributed by atoms with Crippen molar-refractivity contribution in [1.29, 1.82) is 0 Å². The van der Waals surface area contributed by atoms with Gasteiger partial charge in [-0.25, -0.2) is 36.3 Å². The summed E-state index contributed by atoms with van der Waals surface area (Å²) in [7, 11) is 0.